The summed E-state index contributed by atoms with van der Waals surface area (Å²) < 4.78 is 0. The SMILES string of the molecule is CNC(=O)CN1C[C@H](C(=O)c2ccccc2)C(c2cccc(C)c2C)[C@@H](C(=O)c2ccccc2)C1. The van der Waals surface area contributed by atoms with E-state index >= 15 is 0 Å². The quantitative estimate of drug-likeness (QED) is 0.521. The number of benzene rings is 3. The summed E-state index contributed by atoms with van der Waals surface area (Å²) in [7, 11) is 1.60. The number of nitrogens with one attached hydrogen (secondary N) is 1. The van der Waals surface area contributed by atoms with Crippen molar-refractivity contribution in [2.75, 3.05) is 26.7 Å². The second-order valence-electron chi connectivity index (χ2n) is 9.36. The van der Waals surface area contributed by atoms with Gasteiger partial charge in [-0.2, -0.15) is 0 Å². The first kappa shape index (κ1) is 24.6. The minimum absolute atomic E-state index is 0.00368. The Labute approximate surface area is 207 Å². The Balaban J connectivity index is 1.85. The summed E-state index contributed by atoms with van der Waals surface area (Å²) in [6.07, 6.45) is 0. The van der Waals surface area contributed by atoms with Crippen molar-refractivity contribution in [3.8, 4) is 0 Å². The van der Waals surface area contributed by atoms with Crippen molar-refractivity contribution in [2.24, 2.45) is 11.8 Å². The van der Waals surface area contributed by atoms with E-state index < -0.39 is 11.8 Å². The third-order valence-corrected chi connectivity index (χ3v) is 7.22. The lowest BCUT2D eigenvalue weighted by Gasteiger charge is -2.43. The van der Waals surface area contributed by atoms with E-state index in [0.717, 1.165) is 16.7 Å². The maximum Gasteiger partial charge on any atom is 0.233 e. The van der Waals surface area contributed by atoms with Crippen LogP contribution >= 0.6 is 0 Å². The summed E-state index contributed by atoms with van der Waals surface area (Å²) in [5.74, 6) is -1.35. The van der Waals surface area contributed by atoms with Gasteiger partial charge in [-0.1, -0.05) is 78.9 Å². The fourth-order valence-corrected chi connectivity index (χ4v) is 5.24. The summed E-state index contributed by atoms with van der Waals surface area (Å²) in [6.45, 7) is 5.10. The van der Waals surface area contributed by atoms with Crippen molar-refractivity contribution in [1.29, 1.82) is 0 Å². The van der Waals surface area contributed by atoms with E-state index in [9.17, 15) is 14.4 Å². The molecule has 1 amide bonds. The van der Waals surface area contributed by atoms with E-state index in [1.807, 2.05) is 71.6 Å². The molecule has 0 unspecified atom stereocenters. The Morgan fingerprint density at radius 1 is 0.771 bits per heavy atom. The molecule has 1 saturated heterocycles. The molecule has 1 aliphatic rings. The standard InChI is InChI=1S/C30H32N2O3/c1-20-11-10-16-24(21(20)2)28-25(29(34)22-12-6-4-7-13-22)17-32(19-27(33)31-3)18-26(28)30(35)23-14-8-5-9-15-23/h4-16,25-26,28H,17-19H2,1-3H3,(H,31,33)/t25-,26-/m0/s1. The molecule has 1 heterocycles. The third-order valence-electron chi connectivity index (χ3n) is 7.22. The van der Waals surface area contributed by atoms with Crippen LogP contribution in [0, 0.1) is 25.7 Å². The third kappa shape index (κ3) is 5.25. The maximum atomic E-state index is 13.9. The van der Waals surface area contributed by atoms with Gasteiger partial charge < -0.3 is 5.32 Å². The van der Waals surface area contributed by atoms with Gasteiger partial charge in [-0.05, 0) is 30.5 Å². The molecule has 4 rings (SSSR count). The second-order valence-corrected chi connectivity index (χ2v) is 9.36. The molecule has 3 aromatic carbocycles. The van der Waals surface area contributed by atoms with E-state index in [0.29, 0.717) is 24.2 Å². The van der Waals surface area contributed by atoms with E-state index in [1.165, 1.54) is 0 Å². The highest BCUT2D eigenvalue weighted by atomic mass is 16.2. The number of likely N-dealkylation sites (tertiary alicyclic amines) is 1. The number of carbonyl (C=O) groups is 3. The van der Waals surface area contributed by atoms with Crippen LogP contribution in [0.1, 0.15) is 43.3 Å². The topological polar surface area (TPSA) is 66.5 Å². The molecule has 0 aromatic heterocycles. The van der Waals surface area contributed by atoms with E-state index in [2.05, 4.69) is 31.3 Å². The van der Waals surface area contributed by atoms with Gasteiger partial charge in [0, 0.05) is 49.0 Å². The molecule has 5 nitrogen and oxygen atoms in total. The highest BCUT2D eigenvalue weighted by molar-refractivity contribution is 6.02. The number of aryl methyl sites for hydroxylation is 1. The highest BCUT2D eigenvalue weighted by Crippen LogP contribution is 2.42. The zero-order valence-corrected chi connectivity index (χ0v) is 20.5. The number of piperidine rings is 1. The number of amides is 1. The molecule has 3 aromatic rings. The van der Waals surface area contributed by atoms with E-state index in [1.54, 1.807) is 7.05 Å². The van der Waals surface area contributed by atoms with Crippen molar-refractivity contribution in [3.63, 3.8) is 0 Å². The van der Waals surface area contributed by atoms with Crippen molar-refractivity contribution in [2.45, 2.75) is 19.8 Å². The number of likely N-dealkylation sites (N-methyl/N-ethyl adjacent to an activating group) is 1. The minimum Gasteiger partial charge on any atom is -0.358 e. The van der Waals surface area contributed by atoms with Gasteiger partial charge in [-0.3, -0.25) is 19.3 Å². The number of hydrogen-bond acceptors (Lipinski definition) is 4. The van der Waals surface area contributed by atoms with Crippen LogP contribution in [0.15, 0.2) is 78.9 Å². The first-order chi connectivity index (χ1) is 16.9. The number of Topliss-reactive ketones (excluding diaryl/α,β-unsaturated/α-hetero) is 2. The molecule has 2 atom stereocenters. The van der Waals surface area contributed by atoms with Crippen LogP contribution in [0.4, 0.5) is 0 Å². The van der Waals surface area contributed by atoms with Gasteiger partial charge >= 0.3 is 0 Å². The highest BCUT2D eigenvalue weighted by Gasteiger charge is 2.45. The molecule has 0 aliphatic carbocycles. The van der Waals surface area contributed by atoms with Gasteiger partial charge in [0.15, 0.2) is 11.6 Å². The summed E-state index contributed by atoms with van der Waals surface area (Å²) >= 11 is 0. The fourth-order valence-electron chi connectivity index (χ4n) is 5.24. The molecule has 0 bridgehead atoms. The number of rotatable bonds is 7. The van der Waals surface area contributed by atoms with Gasteiger partial charge in [0.1, 0.15) is 0 Å². The molecule has 0 radical (unpaired) electrons. The zero-order chi connectivity index (χ0) is 24.9. The summed E-state index contributed by atoms with van der Waals surface area (Å²) in [5.41, 5.74) is 4.52. The van der Waals surface area contributed by atoms with Gasteiger partial charge in [-0.15, -0.1) is 0 Å². The average molecular weight is 469 g/mol. The zero-order valence-electron chi connectivity index (χ0n) is 20.5. The van der Waals surface area contributed by atoms with Crippen molar-refractivity contribution in [1.82, 2.24) is 10.2 Å². The van der Waals surface area contributed by atoms with Crippen molar-refractivity contribution >= 4 is 17.5 Å². The van der Waals surface area contributed by atoms with Gasteiger partial charge in [0.25, 0.3) is 0 Å². The summed E-state index contributed by atoms with van der Waals surface area (Å²) in [5, 5.41) is 2.67. The Morgan fingerprint density at radius 2 is 1.29 bits per heavy atom. The number of nitrogens with zero attached hydrogens (tertiary/aromatic N) is 1. The largest absolute Gasteiger partial charge is 0.358 e. The molecule has 180 valence electrons. The molecule has 5 heteroatoms. The number of carbonyl (C=O) groups excluding carboxylic acids is 3. The Bertz CT molecular complexity index is 1150. The van der Waals surface area contributed by atoms with Crippen LogP contribution < -0.4 is 5.32 Å². The fraction of sp³-hybridized carbons (Fsp3) is 0.300. The minimum atomic E-state index is -0.464. The predicted molar refractivity (Wildman–Crippen MR) is 138 cm³/mol. The van der Waals surface area contributed by atoms with E-state index in [4.69, 9.17) is 0 Å². The van der Waals surface area contributed by atoms with Gasteiger partial charge in [-0.25, -0.2) is 0 Å². The normalized spacial score (nSPS) is 18.7. The Hall–Kier alpha value is -3.57. The number of ketones is 2. The van der Waals surface area contributed by atoms with E-state index in [-0.39, 0.29) is 29.9 Å². The summed E-state index contributed by atoms with van der Waals surface area (Å²) in [6, 6.07) is 24.6. The predicted octanol–water partition coefficient (Wildman–Crippen LogP) is 4.45. The van der Waals surface area contributed by atoms with Gasteiger partial charge in [0.2, 0.25) is 5.91 Å². The van der Waals surface area contributed by atoms with Crippen LogP contribution in [0.2, 0.25) is 0 Å². The lowest BCUT2D eigenvalue weighted by molar-refractivity contribution is -0.122. The Morgan fingerprint density at radius 3 is 1.77 bits per heavy atom. The molecule has 35 heavy (non-hydrogen) atoms. The lowest BCUT2D eigenvalue weighted by Crippen LogP contribution is -2.52. The van der Waals surface area contributed by atoms with Crippen molar-refractivity contribution in [3.05, 3.63) is 107 Å². The average Bonchev–Trinajstić information content (AvgIpc) is 2.90. The van der Waals surface area contributed by atoms with Crippen LogP contribution in [-0.2, 0) is 4.79 Å². The molecule has 0 spiro atoms. The number of hydrogen-bond donors (Lipinski definition) is 1. The smallest absolute Gasteiger partial charge is 0.233 e. The van der Waals surface area contributed by atoms with Crippen LogP contribution in [0.3, 0.4) is 0 Å². The molecule has 1 aliphatic heterocycles. The maximum absolute atomic E-state index is 13.9. The molecule has 1 fully saturated rings. The van der Waals surface area contributed by atoms with Crippen LogP contribution in [-0.4, -0.2) is 49.1 Å². The second kappa shape index (κ2) is 10.8. The summed E-state index contributed by atoms with van der Waals surface area (Å²) in [4.78, 5) is 42.1. The van der Waals surface area contributed by atoms with Crippen molar-refractivity contribution < 1.29 is 14.4 Å². The molecule has 0 saturated carbocycles. The van der Waals surface area contributed by atoms with Gasteiger partial charge in [0.05, 0.1) is 6.54 Å². The molecular formula is C30H32N2O3. The first-order valence-corrected chi connectivity index (χ1v) is 12.1. The monoisotopic (exact) mass is 468 g/mol. The molecular weight excluding hydrogens is 436 g/mol. The lowest BCUT2D eigenvalue weighted by atomic mass is 9.67. The first-order valence-electron chi connectivity index (χ1n) is 12.1. The van der Waals surface area contributed by atoms with Crippen LogP contribution in [0.5, 0.6) is 0 Å². The molecule has 1 N–H and O–H groups in total. The van der Waals surface area contributed by atoms with Crippen LogP contribution in [0.25, 0.3) is 0 Å². The Kier molecular flexibility index (Phi) is 7.57.